The predicted molar refractivity (Wildman–Crippen MR) is 96.3 cm³/mol. The summed E-state index contributed by atoms with van der Waals surface area (Å²) in [6, 6.07) is 1.97. The third-order valence-electron chi connectivity index (χ3n) is 4.73. The summed E-state index contributed by atoms with van der Waals surface area (Å²) in [6.07, 6.45) is 5.66. The second kappa shape index (κ2) is 8.31. The molecule has 0 spiro atoms. The van der Waals surface area contributed by atoms with E-state index in [9.17, 15) is 0 Å². The second-order valence-electron chi connectivity index (χ2n) is 6.42. The van der Waals surface area contributed by atoms with Crippen LogP contribution in [0.25, 0.3) is 0 Å². The van der Waals surface area contributed by atoms with E-state index in [-0.39, 0.29) is 6.10 Å². The first kappa shape index (κ1) is 17.0. The van der Waals surface area contributed by atoms with Gasteiger partial charge in [0.15, 0.2) is 0 Å². The lowest BCUT2D eigenvalue weighted by Crippen LogP contribution is -2.38. The molecule has 0 radical (unpaired) electrons. The highest BCUT2D eigenvalue weighted by Crippen LogP contribution is 2.24. The molecule has 1 aromatic heterocycles. The molecule has 23 heavy (non-hydrogen) atoms. The molecule has 2 fully saturated rings. The lowest BCUT2D eigenvalue weighted by molar-refractivity contribution is 0.0243. The van der Waals surface area contributed by atoms with Crippen molar-refractivity contribution in [3.05, 3.63) is 18.1 Å². The molecule has 0 bridgehead atoms. The minimum absolute atomic E-state index is 0.279. The van der Waals surface area contributed by atoms with E-state index in [1.165, 1.54) is 31.0 Å². The van der Waals surface area contributed by atoms with Gasteiger partial charge in [0.2, 0.25) is 0 Å². The smallest absolute Gasteiger partial charge is 0.133 e. The van der Waals surface area contributed by atoms with Crippen molar-refractivity contribution in [2.45, 2.75) is 38.4 Å². The molecule has 2 aliphatic rings. The van der Waals surface area contributed by atoms with Gasteiger partial charge in [-0.05, 0) is 25.8 Å². The first-order valence-corrected chi connectivity index (χ1v) is 9.88. The van der Waals surface area contributed by atoms with E-state index in [1.54, 1.807) is 0 Å². The fourth-order valence-corrected chi connectivity index (χ4v) is 4.18. The van der Waals surface area contributed by atoms with E-state index in [1.807, 2.05) is 12.3 Å². The highest BCUT2D eigenvalue weighted by molar-refractivity contribution is 7.99. The number of anilines is 1. The summed E-state index contributed by atoms with van der Waals surface area (Å²) in [5, 5.41) is 0. The van der Waals surface area contributed by atoms with Gasteiger partial charge in [-0.1, -0.05) is 0 Å². The molecule has 0 N–H and O–H groups in total. The molecule has 6 heteroatoms. The van der Waals surface area contributed by atoms with Gasteiger partial charge >= 0.3 is 0 Å². The summed E-state index contributed by atoms with van der Waals surface area (Å²) in [7, 11) is 2.06. The number of ether oxygens (including phenoxy) is 1. The Kier molecular flexibility index (Phi) is 6.14. The van der Waals surface area contributed by atoms with E-state index in [4.69, 9.17) is 4.74 Å². The average molecular weight is 337 g/mol. The number of hydrogen-bond donors (Lipinski definition) is 0. The monoisotopic (exact) mass is 336 g/mol. The number of hydrogen-bond acceptors (Lipinski definition) is 6. The van der Waals surface area contributed by atoms with Gasteiger partial charge in [0.1, 0.15) is 11.6 Å². The van der Waals surface area contributed by atoms with Crippen molar-refractivity contribution in [2.75, 3.05) is 49.6 Å². The standard InChI is InChI=1S/C17H28N4OS/c1-3-20(2)17-6-7-18-16(19-17)12-14-4-5-15(22-14)13-21-8-10-23-11-9-21/h6-7,14-15H,3-5,8-13H2,1-2H3/t14-,15+/m0/s1. The molecule has 5 nitrogen and oxygen atoms in total. The van der Waals surface area contributed by atoms with Crippen LogP contribution in [-0.2, 0) is 11.2 Å². The Hall–Kier alpha value is -0.850. The zero-order valence-electron chi connectivity index (χ0n) is 14.3. The van der Waals surface area contributed by atoms with Crippen molar-refractivity contribution in [3.63, 3.8) is 0 Å². The van der Waals surface area contributed by atoms with E-state index in [0.29, 0.717) is 6.10 Å². The third kappa shape index (κ3) is 4.81. The minimum Gasteiger partial charge on any atom is -0.373 e. The number of thioether (sulfide) groups is 1. The van der Waals surface area contributed by atoms with Gasteiger partial charge in [0.25, 0.3) is 0 Å². The van der Waals surface area contributed by atoms with Crippen LogP contribution in [0.3, 0.4) is 0 Å². The molecule has 0 amide bonds. The maximum absolute atomic E-state index is 6.25. The van der Waals surface area contributed by atoms with Crippen molar-refractivity contribution in [2.24, 2.45) is 0 Å². The van der Waals surface area contributed by atoms with Gasteiger partial charge in [0.05, 0.1) is 12.2 Å². The second-order valence-corrected chi connectivity index (χ2v) is 7.64. The van der Waals surface area contributed by atoms with E-state index < -0.39 is 0 Å². The molecule has 2 atom stereocenters. The van der Waals surface area contributed by atoms with Gasteiger partial charge in [-0.15, -0.1) is 0 Å². The van der Waals surface area contributed by atoms with Gasteiger partial charge in [-0.2, -0.15) is 11.8 Å². The van der Waals surface area contributed by atoms with E-state index in [0.717, 1.165) is 37.6 Å². The molecule has 128 valence electrons. The topological polar surface area (TPSA) is 41.5 Å². The largest absolute Gasteiger partial charge is 0.373 e. The summed E-state index contributed by atoms with van der Waals surface area (Å²) in [5.74, 6) is 4.43. The third-order valence-corrected chi connectivity index (χ3v) is 5.67. The average Bonchev–Trinajstić information content (AvgIpc) is 3.02. The predicted octanol–water partition coefficient (Wildman–Crippen LogP) is 2.07. The van der Waals surface area contributed by atoms with Crippen molar-refractivity contribution in [3.8, 4) is 0 Å². The van der Waals surface area contributed by atoms with Crippen molar-refractivity contribution in [1.82, 2.24) is 14.9 Å². The Bertz CT molecular complexity index is 495. The highest BCUT2D eigenvalue weighted by atomic mass is 32.2. The molecule has 3 heterocycles. The number of nitrogens with zero attached hydrogens (tertiary/aromatic N) is 4. The van der Waals surface area contributed by atoms with Crippen LogP contribution in [0.5, 0.6) is 0 Å². The van der Waals surface area contributed by atoms with Gasteiger partial charge in [-0.3, -0.25) is 4.90 Å². The Morgan fingerprint density at radius 3 is 2.87 bits per heavy atom. The fourth-order valence-electron chi connectivity index (χ4n) is 3.20. The molecule has 2 saturated heterocycles. The Balaban J connectivity index is 1.49. The van der Waals surface area contributed by atoms with Crippen molar-refractivity contribution in [1.29, 1.82) is 0 Å². The van der Waals surface area contributed by atoms with Crippen LogP contribution < -0.4 is 4.90 Å². The quantitative estimate of drug-likeness (QED) is 0.792. The first-order valence-electron chi connectivity index (χ1n) is 8.73. The number of rotatable bonds is 6. The van der Waals surface area contributed by atoms with Crippen LogP contribution in [0.2, 0.25) is 0 Å². The zero-order chi connectivity index (χ0) is 16.1. The van der Waals surface area contributed by atoms with Gasteiger partial charge in [0, 0.05) is 57.4 Å². The summed E-state index contributed by atoms with van der Waals surface area (Å²) in [4.78, 5) is 13.8. The molecule has 0 saturated carbocycles. The summed E-state index contributed by atoms with van der Waals surface area (Å²) in [5.41, 5.74) is 0. The van der Waals surface area contributed by atoms with E-state index in [2.05, 4.69) is 45.5 Å². The van der Waals surface area contributed by atoms with Crippen LogP contribution in [0, 0.1) is 0 Å². The van der Waals surface area contributed by atoms with Crippen LogP contribution in [0.1, 0.15) is 25.6 Å². The Morgan fingerprint density at radius 2 is 2.09 bits per heavy atom. The molecule has 0 aromatic carbocycles. The van der Waals surface area contributed by atoms with Gasteiger partial charge < -0.3 is 9.64 Å². The van der Waals surface area contributed by atoms with Crippen LogP contribution in [-0.4, -0.2) is 71.8 Å². The molecular weight excluding hydrogens is 308 g/mol. The van der Waals surface area contributed by atoms with Crippen molar-refractivity contribution >= 4 is 17.6 Å². The molecule has 0 unspecified atom stereocenters. The molecule has 3 rings (SSSR count). The highest BCUT2D eigenvalue weighted by Gasteiger charge is 2.28. The maximum Gasteiger partial charge on any atom is 0.133 e. The van der Waals surface area contributed by atoms with Crippen molar-refractivity contribution < 1.29 is 4.74 Å². The molecule has 0 aliphatic carbocycles. The summed E-state index contributed by atoms with van der Waals surface area (Å²) >= 11 is 2.06. The Labute approximate surface area is 143 Å². The van der Waals surface area contributed by atoms with Crippen LogP contribution >= 0.6 is 11.8 Å². The zero-order valence-corrected chi connectivity index (χ0v) is 15.1. The first-order chi connectivity index (χ1) is 11.2. The molecule has 2 aliphatic heterocycles. The lowest BCUT2D eigenvalue weighted by atomic mass is 10.1. The summed E-state index contributed by atoms with van der Waals surface area (Å²) < 4.78 is 6.25. The maximum atomic E-state index is 6.25. The SMILES string of the molecule is CCN(C)c1ccnc(C[C@@H]2CC[C@H](CN3CCSCC3)O2)n1. The lowest BCUT2D eigenvalue weighted by Gasteiger charge is -2.28. The van der Waals surface area contributed by atoms with Crippen LogP contribution in [0.15, 0.2) is 12.3 Å². The fraction of sp³-hybridized carbons (Fsp3) is 0.765. The normalized spacial score (nSPS) is 25.7. The molecular formula is C17H28N4OS. The molecule has 1 aromatic rings. The van der Waals surface area contributed by atoms with Gasteiger partial charge in [-0.25, -0.2) is 9.97 Å². The Morgan fingerprint density at radius 1 is 1.30 bits per heavy atom. The minimum atomic E-state index is 0.279. The summed E-state index contributed by atoms with van der Waals surface area (Å²) in [6.45, 7) is 6.60. The van der Waals surface area contributed by atoms with Crippen LogP contribution in [0.4, 0.5) is 5.82 Å². The van der Waals surface area contributed by atoms with E-state index >= 15 is 0 Å². The number of aromatic nitrogens is 2.